The fraction of sp³-hybridized carbons (Fsp3) is 0.824. The molecular formula is C34H51IN2. The van der Waals surface area contributed by atoms with Crippen LogP contribution in [0.1, 0.15) is 111 Å². The van der Waals surface area contributed by atoms with Crippen LogP contribution in [0.3, 0.4) is 0 Å². The Morgan fingerprint density at radius 3 is 2.68 bits per heavy atom. The Kier molecular flexibility index (Phi) is 8.37. The minimum Gasteiger partial charge on any atom is -0.284 e. The molecule has 0 bridgehead atoms. The van der Waals surface area contributed by atoms with Crippen molar-refractivity contribution in [2.24, 2.45) is 56.7 Å². The van der Waals surface area contributed by atoms with Crippen molar-refractivity contribution in [3.05, 3.63) is 23.8 Å². The lowest BCUT2D eigenvalue weighted by Gasteiger charge is -2.64. The monoisotopic (exact) mass is 614 g/mol. The van der Waals surface area contributed by atoms with Gasteiger partial charge in [-0.3, -0.25) is 4.99 Å². The predicted octanol–water partition coefficient (Wildman–Crippen LogP) is 9.74. The number of hydrogen-bond donors (Lipinski definition) is 0. The van der Waals surface area contributed by atoms with E-state index in [0.29, 0.717) is 22.2 Å². The summed E-state index contributed by atoms with van der Waals surface area (Å²) in [7, 11) is 0. The van der Waals surface area contributed by atoms with Gasteiger partial charge >= 0.3 is 0 Å². The number of halogens is 1. The summed E-state index contributed by atoms with van der Waals surface area (Å²) in [6.45, 7) is 10.2. The van der Waals surface area contributed by atoms with Gasteiger partial charge in [0.05, 0.1) is 11.6 Å². The van der Waals surface area contributed by atoms with E-state index in [0.717, 1.165) is 46.0 Å². The summed E-state index contributed by atoms with van der Waals surface area (Å²) in [5.74, 6) is 5.32. The van der Waals surface area contributed by atoms with Gasteiger partial charge in [-0.15, -0.1) is 0 Å². The van der Waals surface area contributed by atoms with E-state index in [2.05, 4.69) is 79.6 Å². The van der Waals surface area contributed by atoms with Crippen molar-refractivity contribution in [3.8, 4) is 6.07 Å². The topological polar surface area (TPSA) is 36.1 Å². The van der Waals surface area contributed by atoms with E-state index in [1.165, 1.54) is 77.0 Å². The number of aliphatic imine (C=N–C) groups is 1. The highest BCUT2D eigenvalue weighted by atomic mass is 127. The van der Waals surface area contributed by atoms with E-state index < -0.39 is 0 Å². The Balaban J connectivity index is 1.32. The molecule has 0 spiro atoms. The predicted molar refractivity (Wildman–Crippen MR) is 165 cm³/mol. The number of hydrogen-bond acceptors (Lipinski definition) is 2. The van der Waals surface area contributed by atoms with Crippen LogP contribution in [-0.4, -0.2) is 16.7 Å². The maximum absolute atomic E-state index is 9.24. The Morgan fingerprint density at radius 1 is 1.14 bits per heavy atom. The first-order valence-electron chi connectivity index (χ1n) is 15.7. The van der Waals surface area contributed by atoms with Crippen LogP contribution in [0.2, 0.25) is 0 Å². The average Bonchev–Trinajstić information content (AvgIpc) is 3.51. The first-order chi connectivity index (χ1) is 17.8. The molecule has 0 aromatic carbocycles. The van der Waals surface area contributed by atoms with Crippen molar-refractivity contribution in [1.82, 2.24) is 0 Å². The minimum atomic E-state index is 0.231. The molecule has 0 aromatic heterocycles. The number of fused-ring (bicyclic) bond motifs is 5. The fourth-order valence-electron chi connectivity index (χ4n) is 11.3. The lowest BCUT2D eigenvalue weighted by Crippen LogP contribution is -2.55. The molecule has 1 heterocycles. The van der Waals surface area contributed by atoms with Crippen molar-refractivity contribution in [3.63, 3.8) is 0 Å². The van der Waals surface area contributed by atoms with Crippen molar-refractivity contribution in [2.45, 2.75) is 117 Å². The molecular weight excluding hydrogens is 563 g/mol. The Labute approximate surface area is 241 Å². The molecule has 0 saturated heterocycles. The summed E-state index contributed by atoms with van der Waals surface area (Å²) < 4.78 is 1.15. The SMILES string of the molecule is CCC[C@@]1(/C=C/CI)CC[C@@]2(CC)[C@H](CC[C@H]3[C@@H]4CC[C@H]([C@H](C)CC5C=C(C#N)C=N5)[C@@]4(C)CC[C@@H]32)C1. The van der Waals surface area contributed by atoms with E-state index >= 15 is 0 Å². The van der Waals surface area contributed by atoms with Crippen molar-refractivity contribution >= 4 is 28.8 Å². The largest absolute Gasteiger partial charge is 0.284 e. The highest BCUT2D eigenvalue weighted by Gasteiger charge is 2.62. The second-order valence-corrected chi connectivity index (χ2v) is 15.0. The van der Waals surface area contributed by atoms with Crippen LogP contribution in [-0.2, 0) is 0 Å². The summed E-state index contributed by atoms with van der Waals surface area (Å²) in [5, 5.41) is 9.24. The summed E-state index contributed by atoms with van der Waals surface area (Å²) in [4.78, 5) is 4.66. The molecule has 3 heteroatoms. The first kappa shape index (κ1) is 27.9. The molecule has 4 saturated carbocycles. The van der Waals surface area contributed by atoms with Gasteiger partial charge in [-0.1, -0.05) is 68.9 Å². The highest BCUT2D eigenvalue weighted by Crippen LogP contribution is 2.70. The smallest absolute Gasteiger partial charge is 0.100 e. The zero-order valence-corrected chi connectivity index (χ0v) is 26.2. The molecule has 5 rings (SSSR count). The van der Waals surface area contributed by atoms with E-state index in [1.54, 1.807) is 6.21 Å². The summed E-state index contributed by atoms with van der Waals surface area (Å²) in [5.41, 5.74) is 2.36. The zero-order chi connectivity index (χ0) is 26.3. The van der Waals surface area contributed by atoms with E-state index in [4.69, 9.17) is 0 Å². The molecule has 10 atom stereocenters. The van der Waals surface area contributed by atoms with Crippen LogP contribution in [0.15, 0.2) is 28.8 Å². The maximum Gasteiger partial charge on any atom is 0.100 e. The van der Waals surface area contributed by atoms with Crippen LogP contribution >= 0.6 is 22.6 Å². The van der Waals surface area contributed by atoms with Gasteiger partial charge in [-0.25, -0.2) is 0 Å². The lowest BCUT2D eigenvalue weighted by molar-refractivity contribution is -0.139. The number of alkyl halides is 1. The summed E-state index contributed by atoms with van der Waals surface area (Å²) in [6, 6.07) is 2.51. The van der Waals surface area contributed by atoms with Crippen LogP contribution in [0.25, 0.3) is 0 Å². The van der Waals surface area contributed by atoms with E-state index in [1.807, 2.05) is 0 Å². The number of allylic oxidation sites excluding steroid dienone is 3. The number of rotatable bonds is 8. The Bertz CT molecular complexity index is 959. The quantitative estimate of drug-likeness (QED) is 0.152. The van der Waals surface area contributed by atoms with Gasteiger partial charge in [-0.05, 0) is 135 Å². The molecule has 1 unspecified atom stereocenters. The third kappa shape index (κ3) is 4.82. The second-order valence-electron chi connectivity index (χ2n) is 14.1. The maximum atomic E-state index is 9.24. The summed E-state index contributed by atoms with van der Waals surface area (Å²) in [6.07, 6.45) is 27.5. The van der Waals surface area contributed by atoms with Crippen LogP contribution < -0.4 is 0 Å². The standard InChI is InChI=1S/C34H51IN2/c1-5-13-33(14-7-18-35)16-17-34(6-2)26(21-33)8-9-28-30-11-10-29(32(30,4)15-12-31(28)34)24(3)19-27-20-25(22-36)23-37-27/h7,14,20,23-24,26-31H,5-6,8-13,15-19,21H2,1-4H3/b14-7+/t24-,26-,27?,28+,29-,30+,31+,32-,33-,34+/m1/s1. The number of nitriles is 1. The van der Waals surface area contributed by atoms with Crippen LogP contribution in [0, 0.1) is 63.1 Å². The zero-order valence-electron chi connectivity index (χ0n) is 24.0. The minimum absolute atomic E-state index is 0.231. The van der Waals surface area contributed by atoms with Gasteiger partial charge in [0.25, 0.3) is 0 Å². The number of nitrogens with zero attached hydrogens (tertiary/aromatic N) is 2. The molecule has 2 nitrogen and oxygen atoms in total. The Hall–Kier alpha value is -0.630. The fourth-order valence-corrected chi connectivity index (χ4v) is 11.6. The van der Waals surface area contributed by atoms with Crippen molar-refractivity contribution in [2.75, 3.05) is 4.43 Å². The molecule has 0 radical (unpaired) electrons. The van der Waals surface area contributed by atoms with Crippen LogP contribution in [0.4, 0.5) is 0 Å². The van der Waals surface area contributed by atoms with Crippen molar-refractivity contribution < 1.29 is 0 Å². The molecule has 4 aliphatic carbocycles. The second kappa shape index (κ2) is 11.1. The van der Waals surface area contributed by atoms with E-state index in [-0.39, 0.29) is 6.04 Å². The molecule has 204 valence electrons. The average molecular weight is 615 g/mol. The summed E-state index contributed by atoms with van der Waals surface area (Å²) >= 11 is 2.52. The van der Waals surface area contributed by atoms with Crippen LogP contribution in [0.5, 0.6) is 0 Å². The third-order valence-corrected chi connectivity index (χ3v) is 13.3. The van der Waals surface area contributed by atoms with E-state index in [9.17, 15) is 5.26 Å². The normalized spacial score (nSPS) is 45.7. The molecule has 4 fully saturated rings. The molecule has 0 N–H and O–H groups in total. The third-order valence-electron chi connectivity index (χ3n) is 12.8. The van der Waals surface area contributed by atoms with Gasteiger partial charge in [-0.2, -0.15) is 5.26 Å². The van der Waals surface area contributed by atoms with Crippen molar-refractivity contribution in [1.29, 1.82) is 5.26 Å². The highest BCUT2D eigenvalue weighted by molar-refractivity contribution is 14.1. The first-order valence-corrected chi connectivity index (χ1v) is 17.3. The molecule has 37 heavy (non-hydrogen) atoms. The van der Waals surface area contributed by atoms with Gasteiger partial charge in [0.15, 0.2) is 0 Å². The molecule has 0 aromatic rings. The molecule has 0 amide bonds. The van der Waals surface area contributed by atoms with Gasteiger partial charge in [0, 0.05) is 10.6 Å². The molecule has 1 aliphatic heterocycles. The lowest BCUT2D eigenvalue weighted by atomic mass is 9.41. The Morgan fingerprint density at radius 2 is 1.97 bits per heavy atom. The van der Waals surface area contributed by atoms with Gasteiger partial charge < -0.3 is 0 Å². The molecule has 5 aliphatic rings. The van der Waals surface area contributed by atoms with Gasteiger partial charge in [0.1, 0.15) is 6.07 Å². The van der Waals surface area contributed by atoms with Gasteiger partial charge in [0.2, 0.25) is 0 Å².